The summed E-state index contributed by atoms with van der Waals surface area (Å²) in [6, 6.07) is 5.29. The summed E-state index contributed by atoms with van der Waals surface area (Å²) in [5, 5.41) is 0. The maximum Gasteiger partial charge on any atom is 0.471 e. The van der Waals surface area contributed by atoms with Crippen LogP contribution in [0.15, 0.2) is 23.1 Å². The Labute approximate surface area is 112 Å². The number of nitrogens with zero attached hydrogens (tertiary/aromatic N) is 1. The molecule has 7 heteroatoms. The van der Waals surface area contributed by atoms with E-state index in [1.165, 1.54) is 18.9 Å². The molecule has 0 aromatic heterocycles. The number of hydrogen-bond acceptors (Lipinski definition) is 3. The smallest absolute Gasteiger partial charge is 0.471 e. The number of rotatable bonds is 1. The number of ether oxygens (including phenoxy) is 1. The normalized spacial score (nSPS) is 15.7. The van der Waals surface area contributed by atoms with Crippen LogP contribution < -0.4 is 4.74 Å². The predicted molar refractivity (Wildman–Crippen MR) is 65.2 cm³/mol. The summed E-state index contributed by atoms with van der Waals surface area (Å²) in [4.78, 5) is 13.0. The van der Waals surface area contributed by atoms with E-state index < -0.39 is 12.1 Å². The molecule has 3 nitrogen and oxygen atoms in total. The van der Waals surface area contributed by atoms with Crippen LogP contribution in [0.4, 0.5) is 13.2 Å². The fraction of sp³-hybridized carbons (Fsp3) is 0.417. The van der Waals surface area contributed by atoms with Crippen LogP contribution in [0.1, 0.15) is 5.56 Å². The SMILES string of the molecule is COc1cccc2c1CN(C(=O)C(F)(F)F)CCS2. The van der Waals surface area contributed by atoms with E-state index in [1.807, 2.05) is 6.07 Å². The third-order valence-electron chi connectivity index (χ3n) is 2.81. The highest BCUT2D eigenvalue weighted by Crippen LogP contribution is 2.34. The number of carbonyl (C=O) groups excluding carboxylic acids is 1. The average Bonchev–Trinajstić information content (AvgIpc) is 2.58. The third-order valence-corrected chi connectivity index (χ3v) is 3.89. The molecule has 0 saturated carbocycles. The van der Waals surface area contributed by atoms with Crippen molar-refractivity contribution in [3.63, 3.8) is 0 Å². The van der Waals surface area contributed by atoms with Gasteiger partial charge in [-0.2, -0.15) is 13.2 Å². The Morgan fingerprint density at radius 1 is 1.42 bits per heavy atom. The lowest BCUT2D eigenvalue weighted by atomic mass is 10.2. The van der Waals surface area contributed by atoms with Gasteiger partial charge in [0.15, 0.2) is 0 Å². The summed E-state index contributed by atoms with van der Waals surface area (Å²) in [7, 11) is 1.46. The summed E-state index contributed by atoms with van der Waals surface area (Å²) >= 11 is 1.43. The second-order valence-electron chi connectivity index (χ2n) is 4.01. The number of alkyl halides is 3. The molecule has 1 aliphatic rings. The second kappa shape index (κ2) is 5.32. The van der Waals surface area contributed by atoms with Crippen molar-refractivity contribution in [1.29, 1.82) is 0 Å². The van der Waals surface area contributed by atoms with Crippen molar-refractivity contribution in [2.75, 3.05) is 19.4 Å². The lowest BCUT2D eigenvalue weighted by Gasteiger charge is -2.22. The van der Waals surface area contributed by atoms with Crippen molar-refractivity contribution in [3.05, 3.63) is 23.8 Å². The number of methoxy groups -OCH3 is 1. The molecule has 1 aliphatic heterocycles. The molecule has 1 amide bonds. The predicted octanol–water partition coefficient (Wildman–Crippen LogP) is 2.69. The molecular weight excluding hydrogens is 279 g/mol. The minimum Gasteiger partial charge on any atom is -0.496 e. The van der Waals surface area contributed by atoms with Crippen LogP contribution in [0.25, 0.3) is 0 Å². The Bertz CT molecular complexity index is 490. The average molecular weight is 291 g/mol. The number of halogens is 3. The van der Waals surface area contributed by atoms with E-state index >= 15 is 0 Å². The zero-order valence-electron chi connectivity index (χ0n) is 10.2. The van der Waals surface area contributed by atoms with E-state index in [4.69, 9.17) is 4.74 Å². The summed E-state index contributed by atoms with van der Waals surface area (Å²) < 4.78 is 42.6. The van der Waals surface area contributed by atoms with E-state index in [9.17, 15) is 18.0 Å². The van der Waals surface area contributed by atoms with Gasteiger partial charge >= 0.3 is 12.1 Å². The van der Waals surface area contributed by atoms with Gasteiger partial charge in [0.2, 0.25) is 0 Å². The molecule has 0 saturated heterocycles. The molecule has 0 atom stereocenters. The molecular formula is C12H12F3NO2S. The minimum absolute atomic E-state index is 0.0703. The molecule has 1 aromatic rings. The molecule has 0 fully saturated rings. The van der Waals surface area contributed by atoms with Crippen LogP contribution in [0, 0.1) is 0 Å². The van der Waals surface area contributed by atoms with E-state index in [0.717, 1.165) is 9.80 Å². The first kappa shape index (κ1) is 14.0. The molecule has 0 unspecified atom stereocenters. The van der Waals surface area contributed by atoms with E-state index in [0.29, 0.717) is 17.1 Å². The Morgan fingerprint density at radius 3 is 2.79 bits per heavy atom. The van der Waals surface area contributed by atoms with Gasteiger partial charge in [-0.15, -0.1) is 11.8 Å². The molecule has 1 heterocycles. The lowest BCUT2D eigenvalue weighted by Crippen LogP contribution is -2.41. The van der Waals surface area contributed by atoms with E-state index in [-0.39, 0.29) is 13.1 Å². The fourth-order valence-corrected chi connectivity index (χ4v) is 2.96. The minimum atomic E-state index is -4.84. The molecule has 0 bridgehead atoms. The highest BCUT2D eigenvalue weighted by atomic mass is 32.2. The van der Waals surface area contributed by atoms with Gasteiger partial charge < -0.3 is 9.64 Å². The van der Waals surface area contributed by atoms with Crippen molar-refractivity contribution >= 4 is 17.7 Å². The Kier molecular flexibility index (Phi) is 3.93. The maximum atomic E-state index is 12.5. The van der Waals surface area contributed by atoms with Crippen molar-refractivity contribution in [2.45, 2.75) is 17.6 Å². The van der Waals surface area contributed by atoms with Crippen LogP contribution in [0.3, 0.4) is 0 Å². The number of amides is 1. The molecule has 0 spiro atoms. The monoisotopic (exact) mass is 291 g/mol. The van der Waals surface area contributed by atoms with Crippen LogP contribution >= 0.6 is 11.8 Å². The van der Waals surface area contributed by atoms with Gasteiger partial charge in [0.05, 0.1) is 13.7 Å². The first-order valence-electron chi connectivity index (χ1n) is 5.58. The van der Waals surface area contributed by atoms with Crippen LogP contribution in [-0.2, 0) is 11.3 Å². The summed E-state index contributed by atoms with van der Waals surface area (Å²) in [5.41, 5.74) is 0.630. The van der Waals surface area contributed by atoms with Crippen LogP contribution in [0.5, 0.6) is 5.75 Å². The standard InChI is InChI=1S/C12H12F3NO2S/c1-18-9-3-2-4-10-8(9)7-16(5-6-19-10)11(17)12(13,14)15/h2-4H,5-7H2,1H3. The maximum absolute atomic E-state index is 12.5. The Hall–Kier alpha value is -1.37. The largest absolute Gasteiger partial charge is 0.496 e. The summed E-state index contributed by atoms with van der Waals surface area (Å²) in [5.74, 6) is -0.860. The van der Waals surface area contributed by atoms with Gasteiger partial charge in [-0.3, -0.25) is 4.79 Å². The van der Waals surface area contributed by atoms with E-state index in [1.54, 1.807) is 12.1 Å². The molecule has 0 N–H and O–H groups in total. The lowest BCUT2D eigenvalue weighted by molar-refractivity contribution is -0.185. The molecule has 2 rings (SSSR count). The van der Waals surface area contributed by atoms with Gasteiger partial charge in [0.1, 0.15) is 5.75 Å². The molecule has 1 aromatic carbocycles. The zero-order chi connectivity index (χ0) is 14.0. The van der Waals surface area contributed by atoms with Gasteiger partial charge in [-0.1, -0.05) is 6.07 Å². The molecule has 0 radical (unpaired) electrons. The Balaban J connectivity index is 2.32. The molecule has 0 aliphatic carbocycles. The van der Waals surface area contributed by atoms with Crippen molar-refractivity contribution in [2.24, 2.45) is 0 Å². The second-order valence-corrected chi connectivity index (χ2v) is 5.15. The highest BCUT2D eigenvalue weighted by Gasteiger charge is 2.43. The van der Waals surface area contributed by atoms with Crippen molar-refractivity contribution in [1.82, 2.24) is 4.90 Å². The Morgan fingerprint density at radius 2 is 2.16 bits per heavy atom. The molecule has 19 heavy (non-hydrogen) atoms. The first-order valence-corrected chi connectivity index (χ1v) is 6.57. The zero-order valence-corrected chi connectivity index (χ0v) is 11.0. The van der Waals surface area contributed by atoms with Crippen LogP contribution in [0.2, 0.25) is 0 Å². The first-order chi connectivity index (χ1) is 8.93. The van der Waals surface area contributed by atoms with Crippen molar-refractivity contribution in [3.8, 4) is 5.75 Å². The van der Waals surface area contributed by atoms with Gasteiger partial charge in [-0.05, 0) is 12.1 Å². The third kappa shape index (κ3) is 2.97. The number of fused-ring (bicyclic) bond motifs is 1. The number of carbonyl (C=O) groups is 1. The van der Waals surface area contributed by atoms with Crippen molar-refractivity contribution < 1.29 is 22.7 Å². The number of hydrogen-bond donors (Lipinski definition) is 0. The summed E-state index contributed by atoms with van der Waals surface area (Å²) in [6.45, 7) is -0.00840. The topological polar surface area (TPSA) is 29.5 Å². The van der Waals surface area contributed by atoms with Gasteiger partial charge in [0, 0.05) is 22.8 Å². The van der Waals surface area contributed by atoms with Gasteiger partial charge in [-0.25, -0.2) is 0 Å². The highest BCUT2D eigenvalue weighted by molar-refractivity contribution is 7.99. The van der Waals surface area contributed by atoms with Crippen LogP contribution in [-0.4, -0.2) is 36.4 Å². The van der Waals surface area contributed by atoms with E-state index in [2.05, 4.69) is 0 Å². The quantitative estimate of drug-likeness (QED) is 0.797. The summed E-state index contributed by atoms with van der Waals surface area (Å²) in [6.07, 6.45) is -4.84. The fourth-order valence-electron chi connectivity index (χ4n) is 1.92. The molecule has 104 valence electrons. The number of thioether (sulfide) groups is 1. The van der Waals surface area contributed by atoms with Gasteiger partial charge in [0.25, 0.3) is 0 Å². The number of benzene rings is 1.